The SMILES string of the molecule is C=CC(=O)N1CC(N(CC2CC2)c2cc(-c3cncc(NC)n3)c[nH]c2=O)C1. The molecule has 0 unspecified atom stereocenters. The molecule has 0 atom stereocenters. The molecule has 146 valence electrons. The lowest BCUT2D eigenvalue weighted by Crippen LogP contribution is -2.62. The molecule has 8 nitrogen and oxygen atoms in total. The predicted octanol–water partition coefficient (Wildman–Crippen LogP) is 1.49. The van der Waals surface area contributed by atoms with Crippen LogP contribution >= 0.6 is 0 Å². The van der Waals surface area contributed by atoms with Crippen molar-refractivity contribution in [1.82, 2.24) is 19.9 Å². The number of pyridine rings is 1. The number of carbonyl (C=O) groups excluding carboxylic acids is 1. The number of H-pyrrole nitrogens is 1. The molecule has 8 heteroatoms. The number of likely N-dealkylation sites (tertiary alicyclic amines) is 1. The third kappa shape index (κ3) is 3.62. The van der Waals surface area contributed by atoms with Gasteiger partial charge < -0.3 is 20.1 Å². The molecule has 4 rings (SSSR count). The van der Waals surface area contributed by atoms with Crippen molar-refractivity contribution in [2.24, 2.45) is 5.92 Å². The standard InChI is InChI=1S/C20H24N6O2/c1-3-19(27)25-11-15(12-25)26(10-13-4-5-13)17-6-14(7-23-20(17)28)16-8-22-9-18(21-2)24-16/h3,6-9,13,15H,1,4-5,10-12H2,2H3,(H,21,24)(H,23,28). The summed E-state index contributed by atoms with van der Waals surface area (Å²) in [5.41, 5.74) is 1.98. The van der Waals surface area contributed by atoms with E-state index in [-0.39, 0.29) is 17.5 Å². The first kappa shape index (κ1) is 18.2. The van der Waals surface area contributed by atoms with Gasteiger partial charge in [-0.05, 0) is 30.9 Å². The zero-order chi connectivity index (χ0) is 19.7. The Bertz CT molecular complexity index is 946. The minimum absolute atomic E-state index is 0.0653. The van der Waals surface area contributed by atoms with Crippen molar-refractivity contribution in [3.63, 3.8) is 0 Å². The van der Waals surface area contributed by atoms with Crippen molar-refractivity contribution in [3.8, 4) is 11.3 Å². The number of nitrogens with one attached hydrogen (secondary N) is 2. The molecule has 3 heterocycles. The molecule has 0 spiro atoms. The number of nitrogens with zero attached hydrogens (tertiary/aromatic N) is 4. The highest BCUT2D eigenvalue weighted by Crippen LogP contribution is 2.33. The molecule has 2 aromatic rings. The van der Waals surface area contributed by atoms with Gasteiger partial charge in [0, 0.05) is 38.4 Å². The van der Waals surface area contributed by atoms with E-state index in [1.54, 1.807) is 30.5 Å². The molecule has 2 N–H and O–H groups in total. The van der Waals surface area contributed by atoms with E-state index in [0.29, 0.717) is 36.2 Å². The Hall–Kier alpha value is -3.16. The second kappa shape index (κ2) is 7.46. The van der Waals surface area contributed by atoms with Crippen LogP contribution in [0.1, 0.15) is 12.8 Å². The maximum Gasteiger partial charge on any atom is 0.271 e. The van der Waals surface area contributed by atoms with Gasteiger partial charge in [-0.3, -0.25) is 14.6 Å². The van der Waals surface area contributed by atoms with Crippen LogP contribution in [0.4, 0.5) is 11.5 Å². The number of hydrogen-bond acceptors (Lipinski definition) is 6. The van der Waals surface area contributed by atoms with E-state index in [9.17, 15) is 9.59 Å². The van der Waals surface area contributed by atoms with Gasteiger partial charge in [-0.1, -0.05) is 6.58 Å². The van der Waals surface area contributed by atoms with Crippen LogP contribution in [0.3, 0.4) is 0 Å². The van der Waals surface area contributed by atoms with Crippen LogP contribution in [-0.2, 0) is 4.79 Å². The van der Waals surface area contributed by atoms with E-state index in [4.69, 9.17) is 0 Å². The molecule has 2 aromatic heterocycles. The van der Waals surface area contributed by atoms with Gasteiger partial charge in [-0.25, -0.2) is 4.98 Å². The summed E-state index contributed by atoms with van der Waals surface area (Å²) in [6.07, 6.45) is 8.70. The van der Waals surface area contributed by atoms with Crippen molar-refractivity contribution < 1.29 is 4.79 Å². The smallest absolute Gasteiger partial charge is 0.271 e. The number of aromatic amines is 1. The molecular formula is C20H24N6O2. The van der Waals surface area contributed by atoms with Crippen LogP contribution in [-0.4, -0.2) is 58.5 Å². The second-order valence-corrected chi connectivity index (χ2v) is 7.34. The number of carbonyl (C=O) groups is 1. The van der Waals surface area contributed by atoms with Gasteiger partial charge in [0.15, 0.2) is 0 Å². The van der Waals surface area contributed by atoms with Crippen molar-refractivity contribution >= 4 is 17.4 Å². The number of hydrogen-bond donors (Lipinski definition) is 2. The van der Waals surface area contributed by atoms with Crippen LogP contribution in [0, 0.1) is 5.92 Å². The zero-order valence-electron chi connectivity index (χ0n) is 15.9. The maximum atomic E-state index is 12.6. The molecular weight excluding hydrogens is 356 g/mol. The van der Waals surface area contributed by atoms with Gasteiger partial charge in [0.05, 0.1) is 24.1 Å². The van der Waals surface area contributed by atoms with Gasteiger partial charge in [-0.15, -0.1) is 0 Å². The average molecular weight is 380 g/mol. The summed E-state index contributed by atoms with van der Waals surface area (Å²) in [5, 5.41) is 2.98. The maximum absolute atomic E-state index is 12.6. The lowest BCUT2D eigenvalue weighted by molar-refractivity contribution is -0.130. The van der Waals surface area contributed by atoms with Crippen LogP contribution in [0.25, 0.3) is 11.3 Å². The molecule has 1 amide bonds. The minimum Gasteiger partial charge on any atom is -0.372 e. The van der Waals surface area contributed by atoms with Gasteiger partial charge >= 0.3 is 0 Å². The van der Waals surface area contributed by atoms with Crippen molar-refractivity contribution in [3.05, 3.63) is 47.7 Å². The molecule has 0 radical (unpaired) electrons. The summed E-state index contributed by atoms with van der Waals surface area (Å²) >= 11 is 0. The highest BCUT2D eigenvalue weighted by atomic mass is 16.2. The lowest BCUT2D eigenvalue weighted by atomic mass is 10.0. The third-order valence-corrected chi connectivity index (χ3v) is 5.32. The van der Waals surface area contributed by atoms with Crippen molar-refractivity contribution in [2.45, 2.75) is 18.9 Å². The van der Waals surface area contributed by atoms with E-state index in [2.05, 4.69) is 31.7 Å². The number of rotatable bonds is 7. The van der Waals surface area contributed by atoms with Crippen LogP contribution < -0.4 is 15.8 Å². The fourth-order valence-corrected chi connectivity index (χ4v) is 3.44. The minimum atomic E-state index is -0.129. The van der Waals surface area contributed by atoms with Gasteiger partial charge in [-0.2, -0.15) is 0 Å². The van der Waals surface area contributed by atoms with Crippen LogP contribution in [0.15, 0.2) is 42.1 Å². The van der Waals surface area contributed by atoms with E-state index < -0.39 is 0 Å². The number of aromatic nitrogens is 3. The summed E-state index contributed by atoms with van der Waals surface area (Å²) < 4.78 is 0. The molecule has 28 heavy (non-hydrogen) atoms. The average Bonchev–Trinajstić information content (AvgIpc) is 3.50. The molecule has 1 saturated carbocycles. The van der Waals surface area contributed by atoms with Crippen LogP contribution in [0.2, 0.25) is 0 Å². The van der Waals surface area contributed by atoms with E-state index >= 15 is 0 Å². The quantitative estimate of drug-likeness (QED) is 0.707. The Kier molecular flexibility index (Phi) is 4.85. The van der Waals surface area contributed by atoms with Crippen LogP contribution in [0.5, 0.6) is 0 Å². The zero-order valence-corrected chi connectivity index (χ0v) is 15.9. The summed E-state index contributed by atoms with van der Waals surface area (Å²) in [7, 11) is 1.79. The largest absolute Gasteiger partial charge is 0.372 e. The first-order chi connectivity index (χ1) is 13.6. The van der Waals surface area contributed by atoms with Crippen molar-refractivity contribution in [1.29, 1.82) is 0 Å². The van der Waals surface area contributed by atoms with Crippen molar-refractivity contribution in [2.75, 3.05) is 36.9 Å². The monoisotopic (exact) mass is 380 g/mol. The summed E-state index contributed by atoms with van der Waals surface area (Å²) in [6, 6.07) is 2.01. The molecule has 1 saturated heterocycles. The Labute approximate surface area is 163 Å². The fourth-order valence-electron chi connectivity index (χ4n) is 3.44. The topological polar surface area (TPSA) is 94.2 Å². The third-order valence-electron chi connectivity index (χ3n) is 5.32. The Morgan fingerprint density at radius 1 is 1.43 bits per heavy atom. The fraction of sp³-hybridized carbons (Fsp3) is 0.400. The lowest BCUT2D eigenvalue weighted by Gasteiger charge is -2.46. The molecule has 2 aliphatic rings. The normalized spacial score (nSPS) is 16.4. The highest BCUT2D eigenvalue weighted by Gasteiger charge is 2.37. The first-order valence-corrected chi connectivity index (χ1v) is 9.50. The van der Waals surface area contributed by atoms with E-state index in [0.717, 1.165) is 12.1 Å². The first-order valence-electron chi connectivity index (χ1n) is 9.50. The highest BCUT2D eigenvalue weighted by molar-refractivity contribution is 5.87. The molecule has 1 aliphatic heterocycles. The summed E-state index contributed by atoms with van der Waals surface area (Å²) in [4.78, 5) is 39.9. The Morgan fingerprint density at radius 3 is 2.89 bits per heavy atom. The Balaban J connectivity index is 1.63. The van der Waals surface area contributed by atoms with Gasteiger partial charge in [0.25, 0.3) is 5.56 Å². The Morgan fingerprint density at radius 2 is 2.21 bits per heavy atom. The number of anilines is 2. The van der Waals surface area contributed by atoms with Gasteiger partial charge in [0.1, 0.15) is 11.5 Å². The van der Waals surface area contributed by atoms with E-state index in [1.807, 2.05) is 6.07 Å². The number of amides is 1. The predicted molar refractivity (Wildman–Crippen MR) is 108 cm³/mol. The molecule has 0 bridgehead atoms. The second-order valence-electron chi connectivity index (χ2n) is 7.34. The van der Waals surface area contributed by atoms with Gasteiger partial charge in [0.2, 0.25) is 5.91 Å². The summed E-state index contributed by atoms with van der Waals surface area (Å²) in [6.45, 7) is 5.59. The molecule has 2 fully saturated rings. The summed E-state index contributed by atoms with van der Waals surface area (Å²) in [5.74, 6) is 1.21. The van der Waals surface area contributed by atoms with E-state index in [1.165, 1.54) is 18.9 Å². The molecule has 1 aliphatic carbocycles. The molecule has 0 aromatic carbocycles.